The van der Waals surface area contributed by atoms with E-state index in [1.54, 1.807) is 17.1 Å². The molecule has 2 aliphatic rings. The molecule has 172 valence electrons. The van der Waals surface area contributed by atoms with Crippen molar-refractivity contribution in [3.05, 3.63) is 77.8 Å². The predicted molar refractivity (Wildman–Crippen MR) is 123 cm³/mol. The van der Waals surface area contributed by atoms with E-state index >= 15 is 0 Å². The van der Waals surface area contributed by atoms with Crippen LogP contribution in [0.25, 0.3) is 16.7 Å². The number of amides is 1. The van der Waals surface area contributed by atoms with Crippen LogP contribution in [0.2, 0.25) is 0 Å². The predicted octanol–water partition coefficient (Wildman–Crippen LogP) is 3.75. The second-order valence-electron chi connectivity index (χ2n) is 8.97. The molecule has 2 aromatic heterocycles. The molecule has 0 N–H and O–H groups in total. The SMILES string of the molecule is Cc1ccc(-n2cccn2)c(C(=O)N2CC[C@H]3CN(c4cnc5cc(F)c(F)cc5n4)[C@H]3C2)c1. The van der Waals surface area contributed by atoms with Gasteiger partial charge in [-0.15, -0.1) is 0 Å². The van der Waals surface area contributed by atoms with E-state index in [1.165, 1.54) is 0 Å². The first kappa shape index (κ1) is 20.7. The molecule has 6 rings (SSSR count). The van der Waals surface area contributed by atoms with Crippen molar-refractivity contribution in [1.82, 2.24) is 24.6 Å². The number of hydrogen-bond donors (Lipinski definition) is 0. The highest BCUT2D eigenvalue weighted by molar-refractivity contribution is 5.98. The van der Waals surface area contributed by atoms with Gasteiger partial charge in [0, 0.05) is 50.1 Å². The van der Waals surface area contributed by atoms with Crippen LogP contribution in [0.15, 0.2) is 55.0 Å². The summed E-state index contributed by atoms with van der Waals surface area (Å²) < 4.78 is 28.9. The Balaban J connectivity index is 1.26. The highest BCUT2D eigenvalue weighted by atomic mass is 19.2. The molecule has 2 fully saturated rings. The summed E-state index contributed by atoms with van der Waals surface area (Å²) in [5.41, 5.74) is 3.01. The summed E-state index contributed by atoms with van der Waals surface area (Å²) >= 11 is 0. The van der Waals surface area contributed by atoms with Crippen molar-refractivity contribution in [2.75, 3.05) is 24.5 Å². The van der Waals surface area contributed by atoms with Crippen LogP contribution in [0.4, 0.5) is 14.6 Å². The zero-order valence-electron chi connectivity index (χ0n) is 18.5. The summed E-state index contributed by atoms with van der Waals surface area (Å²) in [4.78, 5) is 26.4. The zero-order chi connectivity index (χ0) is 23.4. The van der Waals surface area contributed by atoms with Gasteiger partial charge in [0.2, 0.25) is 0 Å². The number of piperidine rings is 1. The molecule has 0 aliphatic carbocycles. The summed E-state index contributed by atoms with van der Waals surface area (Å²) in [6.45, 7) is 4.03. The maximum Gasteiger partial charge on any atom is 0.256 e. The largest absolute Gasteiger partial charge is 0.350 e. The smallest absolute Gasteiger partial charge is 0.256 e. The van der Waals surface area contributed by atoms with E-state index in [1.807, 2.05) is 42.3 Å². The number of rotatable bonds is 3. The lowest BCUT2D eigenvalue weighted by atomic mass is 9.82. The quantitative estimate of drug-likeness (QED) is 0.466. The van der Waals surface area contributed by atoms with Crippen molar-refractivity contribution in [3.63, 3.8) is 0 Å². The third-order valence-corrected chi connectivity index (χ3v) is 6.84. The van der Waals surface area contributed by atoms with Gasteiger partial charge < -0.3 is 9.80 Å². The number of benzene rings is 2. The number of carbonyl (C=O) groups excluding carboxylic acids is 1. The fourth-order valence-electron chi connectivity index (χ4n) is 4.98. The Morgan fingerprint density at radius 1 is 1.09 bits per heavy atom. The molecule has 2 saturated heterocycles. The Labute approximate surface area is 194 Å². The molecule has 4 heterocycles. The van der Waals surface area contributed by atoms with Crippen molar-refractivity contribution in [3.8, 4) is 5.69 Å². The van der Waals surface area contributed by atoms with Crippen LogP contribution >= 0.6 is 0 Å². The first-order valence-corrected chi connectivity index (χ1v) is 11.3. The van der Waals surface area contributed by atoms with Gasteiger partial charge in [0.25, 0.3) is 5.91 Å². The second kappa shape index (κ2) is 7.86. The van der Waals surface area contributed by atoms with Gasteiger partial charge in [-0.2, -0.15) is 5.10 Å². The van der Waals surface area contributed by atoms with Crippen LogP contribution in [0.1, 0.15) is 22.3 Å². The average Bonchev–Trinajstić information content (AvgIpc) is 3.35. The summed E-state index contributed by atoms with van der Waals surface area (Å²) in [5.74, 6) is -0.843. The minimum absolute atomic E-state index is 0.0263. The van der Waals surface area contributed by atoms with E-state index < -0.39 is 11.6 Å². The van der Waals surface area contributed by atoms with Crippen LogP contribution in [0.3, 0.4) is 0 Å². The summed E-state index contributed by atoms with van der Waals surface area (Å²) in [7, 11) is 0. The first-order valence-electron chi connectivity index (χ1n) is 11.3. The van der Waals surface area contributed by atoms with Crippen molar-refractivity contribution in [1.29, 1.82) is 0 Å². The van der Waals surface area contributed by atoms with E-state index in [4.69, 9.17) is 0 Å². The highest BCUT2D eigenvalue weighted by Gasteiger charge is 2.44. The van der Waals surface area contributed by atoms with Gasteiger partial charge >= 0.3 is 0 Å². The number of halogens is 2. The second-order valence-corrected chi connectivity index (χ2v) is 8.97. The minimum atomic E-state index is -0.944. The minimum Gasteiger partial charge on any atom is -0.350 e. The Morgan fingerprint density at radius 2 is 1.91 bits per heavy atom. The molecule has 2 aliphatic heterocycles. The number of nitrogens with zero attached hydrogens (tertiary/aromatic N) is 6. The van der Waals surface area contributed by atoms with Gasteiger partial charge in [-0.3, -0.25) is 9.78 Å². The van der Waals surface area contributed by atoms with Gasteiger partial charge in [0.15, 0.2) is 11.6 Å². The van der Waals surface area contributed by atoms with Gasteiger partial charge in [0.05, 0.1) is 34.5 Å². The lowest BCUT2D eigenvalue weighted by Crippen LogP contribution is -2.65. The van der Waals surface area contributed by atoms with E-state index in [0.29, 0.717) is 41.4 Å². The molecule has 0 saturated carbocycles. The zero-order valence-corrected chi connectivity index (χ0v) is 18.5. The molecular weight excluding hydrogens is 438 g/mol. The number of hydrogen-bond acceptors (Lipinski definition) is 5. The molecule has 1 amide bonds. The summed E-state index contributed by atoms with van der Waals surface area (Å²) in [6, 6.07) is 9.87. The molecular formula is C25H22F2N6O. The van der Waals surface area contributed by atoms with E-state index in [-0.39, 0.29) is 11.9 Å². The molecule has 4 aromatic rings. The Bertz CT molecular complexity index is 1410. The highest BCUT2D eigenvalue weighted by Crippen LogP contribution is 2.36. The fourth-order valence-corrected chi connectivity index (χ4v) is 4.98. The van der Waals surface area contributed by atoms with E-state index in [9.17, 15) is 13.6 Å². The topological polar surface area (TPSA) is 67.2 Å². The third kappa shape index (κ3) is 3.39. The normalized spacial score (nSPS) is 19.7. The number of aryl methyl sites for hydroxylation is 1. The standard InChI is InChI=1S/C25H22F2N6O/c1-15-3-4-22(33-7-2-6-29-33)17(9-15)25(34)31-8-5-16-13-32(23(16)14-31)24-12-28-20-10-18(26)19(27)11-21(20)30-24/h2-4,6-7,9-12,16,23H,5,8,13-14H2,1H3/t16-,23-/m0/s1. The van der Waals surface area contributed by atoms with Crippen LogP contribution < -0.4 is 4.90 Å². The van der Waals surface area contributed by atoms with Crippen LogP contribution in [0, 0.1) is 24.5 Å². The number of carbonyl (C=O) groups is 1. The molecule has 2 atom stereocenters. The van der Waals surface area contributed by atoms with Gasteiger partial charge in [-0.25, -0.2) is 18.4 Å². The molecule has 7 nitrogen and oxygen atoms in total. The number of anilines is 1. The Hall–Kier alpha value is -3.88. The van der Waals surface area contributed by atoms with Crippen molar-refractivity contribution in [2.24, 2.45) is 5.92 Å². The molecule has 9 heteroatoms. The average molecular weight is 460 g/mol. The number of fused-ring (bicyclic) bond motifs is 2. The van der Waals surface area contributed by atoms with Crippen LogP contribution in [-0.4, -0.2) is 56.2 Å². The molecule has 0 bridgehead atoms. The first-order chi connectivity index (χ1) is 16.5. The van der Waals surface area contributed by atoms with Gasteiger partial charge in [-0.05, 0) is 31.5 Å². The van der Waals surface area contributed by atoms with Crippen molar-refractivity contribution in [2.45, 2.75) is 19.4 Å². The number of likely N-dealkylation sites (tertiary alicyclic amines) is 1. The van der Waals surface area contributed by atoms with E-state index in [2.05, 4.69) is 20.0 Å². The summed E-state index contributed by atoms with van der Waals surface area (Å²) in [5, 5.41) is 4.30. The van der Waals surface area contributed by atoms with Gasteiger partial charge in [-0.1, -0.05) is 11.6 Å². The Morgan fingerprint density at radius 3 is 2.71 bits per heavy atom. The summed E-state index contributed by atoms with van der Waals surface area (Å²) in [6.07, 6.45) is 6.01. The molecule has 0 spiro atoms. The number of aromatic nitrogens is 4. The molecule has 0 unspecified atom stereocenters. The lowest BCUT2D eigenvalue weighted by Gasteiger charge is -2.53. The van der Waals surface area contributed by atoms with Crippen LogP contribution in [0.5, 0.6) is 0 Å². The molecule has 2 aromatic carbocycles. The fraction of sp³-hybridized carbons (Fsp3) is 0.280. The maximum absolute atomic E-state index is 13.7. The lowest BCUT2D eigenvalue weighted by molar-refractivity contribution is 0.0591. The maximum atomic E-state index is 13.7. The van der Waals surface area contributed by atoms with Crippen LogP contribution in [-0.2, 0) is 0 Å². The monoisotopic (exact) mass is 460 g/mol. The Kier molecular flexibility index (Phi) is 4.79. The van der Waals surface area contributed by atoms with Crippen molar-refractivity contribution < 1.29 is 13.6 Å². The molecule has 0 radical (unpaired) electrons. The third-order valence-electron chi connectivity index (χ3n) is 6.84. The molecule has 34 heavy (non-hydrogen) atoms. The van der Waals surface area contributed by atoms with Gasteiger partial charge in [0.1, 0.15) is 5.82 Å². The van der Waals surface area contributed by atoms with Crippen molar-refractivity contribution >= 4 is 22.8 Å². The van der Waals surface area contributed by atoms with E-state index in [0.717, 1.165) is 36.3 Å².